The lowest BCUT2D eigenvalue weighted by Crippen LogP contribution is -2.07. The maximum Gasteiger partial charge on any atom is 0.335 e. The van der Waals surface area contributed by atoms with Crippen LogP contribution in [0.5, 0.6) is 0 Å². The third-order valence-corrected chi connectivity index (χ3v) is 4.45. The molecule has 0 amide bonds. The fourth-order valence-corrected chi connectivity index (χ4v) is 3.27. The van der Waals surface area contributed by atoms with Gasteiger partial charge in [0.1, 0.15) is 5.65 Å². The van der Waals surface area contributed by atoms with Crippen LogP contribution in [-0.4, -0.2) is 33.6 Å². The number of pyridine rings is 1. The number of carbonyl (C=O) groups excluding carboxylic acids is 1. The van der Waals surface area contributed by atoms with Crippen molar-refractivity contribution in [2.45, 2.75) is 33.6 Å². The number of aromatic nitrogens is 2. The van der Waals surface area contributed by atoms with Crippen LogP contribution in [0.3, 0.4) is 0 Å². The lowest BCUT2D eigenvalue weighted by atomic mass is 9.98. The monoisotopic (exact) mass is 340 g/mol. The van der Waals surface area contributed by atoms with Gasteiger partial charge in [0.25, 0.3) is 0 Å². The maximum absolute atomic E-state index is 11.7. The van der Waals surface area contributed by atoms with E-state index in [0.717, 1.165) is 38.8 Å². The Bertz CT molecular complexity index is 988. The van der Waals surface area contributed by atoms with Gasteiger partial charge in [-0.1, -0.05) is 6.07 Å². The van der Waals surface area contributed by atoms with Crippen molar-refractivity contribution >= 4 is 33.9 Å². The molecule has 0 saturated carbocycles. The lowest BCUT2D eigenvalue weighted by Gasteiger charge is -2.10. The molecule has 2 heterocycles. The van der Waals surface area contributed by atoms with Gasteiger partial charge < -0.3 is 14.8 Å². The number of benzene rings is 1. The van der Waals surface area contributed by atoms with Crippen molar-refractivity contribution in [2.24, 2.45) is 0 Å². The normalized spacial score (nSPS) is 11.2. The zero-order valence-electron chi connectivity index (χ0n) is 14.5. The first kappa shape index (κ1) is 17.0. The average Bonchev–Trinajstić information content (AvgIpc) is 2.91. The summed E-state index contributed by atoms with van der Waals surface area (Å²) in [5.74, 6) is -1.18. The van der Waals surface area contributed by atoms with Crippen molar-refractivity contribution in [1.29, 1.82) is 0 Å². The lowest BCUT2D eigenvalue weighted by molar-refractivity contribution is -0.143. The predicted octanol–water partition coefficient (Wildman–Crippen LogP) is 3.53. The number of carbonyl (C=O) groups is 2. The van der Waals surface area contributed by atoms with Crippen molar-refractivity contribution in [2.75, 3.05) is 6.61 Å². The first-order valence-corrected chi connectivity index (χ1v) is 8.22. The molecule has 2 aromatic heterocycles. The number of ether oxygens (including phenoxy) is 1. The van der Waals surface area contributed by atoms with Crippen molar-refractivity contribution in [3.05, 3.63) is 40.6 Å². The Morgan fingerprint density at radius 1 is 1.28 bits per heavy atom. The van der Waals surface area contributed by atoms with Crippen molar-refractivity contribution in [1.82, 2.24) is 9.97 Å². The molecule has 0 fully saturated rings. The van der Waals surface area contributed by atoms with Crippen LogP contribution in [0.25, 0.3) is 21.9 Å². The van der Waals surface area contributed by atoms with Gasteiger partial charge in [-0.15, -0.1) is 0 Å². The number of nitrogens with one attached hydrogen (secondary N) is 1. The summed E-state index contributed by atoms with van der Waals surface area (Å²) >= 11 is 0. The van der Waals surface area contributed by atoms with E-state index in [9.17, 15) is 9.59 Å². The van der Waals surface area contributed by atoms with E-state index in [0.29, 0.717) is 19.4 Å². The fraction of sp³-hybridized carbons (Fsp3) is 0.316. The second-order valence-corrected chi connectivity index (χ2v) is 6.02. The second-order valence-electron chi connectivity index (χ2n) is 6.02. The van der Waals surface area contributed by atoms with Crippen molar-refractivity contribution in [3.63, 3.8) is 0 Å². The summed E-state index contributed by atoms with van der Waals surface area (Å²) in [6, 6.07) is 5.01. The largest absolute Gasteiger partial charge is 0.478 e. The summed E-state index contributed by atoms with van der Waals surface area (Å²) in [5, 5.41) is 11.1. The molecular formula is C19H20N2O4. The molecule has 0 radical (unpaired) electrons. The molecule has 3 rings (SSSR count). The summed E-state index contributed by atoms with van der Waals surface area (Å²) in [5.41, 5.74) is 4.65. The molecule has 0 aliphatic rings. The Morgan fingerprint density at radius 3 is 2.72 bits per heavy atom. The standard InChI is InChI=1S/C19H20N2O4/c1-4-25-16(22)8-7-13-10(2)17-14-6-5-12(19(23)24)9-15(14)21-18(17)20-11(13)3/h5-6,9H,4,7-8H2,1-3H3,(H,20,21)(H,23,24). The molecule has 2 N–H and O–H groups in total. The highest BCUT2D eigenvalue weighted by Crippen LogP contribution is 2.31. The van der Waals surface area contributed by atoms with E-state index < -0.39 is 5.97 Å². The van der Waals surface area contributed by atoms with Gasteiger partial charge in [-0.3, -0.25) is 4.79 Å². The van der Waals surface area contributed by atoms with Crippen LogP contribution in [0.1, 0.15) is 40.5 Å². The van der Waals surface area contributed by atoms with Crippen LogP contribution in [0.2, 0.25) is 0 Å². The predicted molar refractivity (Wildman–Crippen MR) is 95.0 cm³/mol. The zero-order chi connectivity index (χ0) is 18.1. The second kappa shape index (κ2) is 6.55. The number of esters is 1. The van der Waals surface area contributed by atoms with Gasteiger partial charge in [-0.2, -0.15) is 0 Å². The summed E-state index contributed by atoms with van der Waals surface area (Å²) in [6.45, 7) is 6.10. The van der Waals surface area contributed by atoms with E-state index in [1.807, 2.05) is 13.8 Å². The number of carboxylic acid groups (broad SMARTS) is 1. The number of hydrogen-bond acceptors (Lipinski definition) is 4. The van der Waals surface area contributed by atoms with E-state index in [1.165, 1.54) is 0 Å². The van der Waals surface area contributed by atoms with Crippen LogP contribution in [-0.2, 0) is 16.0 Å². The summed E-state index contributed by atoms with van der Waals surface area (Å²) < 4.78 is 5.00. The SMILES string of the molecule is CCOC(=O)CCc1c(C)nc2[nH]c3cc(C(=O)O)ccc3c2c1C. The minimum Gasteiger partial charge on any atom is -0.478 e. The molecule has 0 atom stereocenters. The molecule has 0 saturated heterocycles. The molecule has 1 aromatic carbocycles. The van der Waals surface area contributed by atoms with Crippen LogP contribution in [0, 0.1) is 13.8 Å². The summed E-state index contributed by atoms with van der Waals surface area (Å²) in [6.07, 6.45) is 0.882. The van der Waals surface area contributed by atoms with Gasteiger partial charge in [-0.05, 0) is 50.5 Å². The van der Waals surface area contributed by atoms with E-state index in [-0.39, 0.29) is 11.5 Å². The highest BCUT2D eigenvalue weighted by atomic mass is 16.5. The Morgan fingerprint density at radius 2 is 2.04 bits per heavy atom. The van der Waals surface area contributed by atoms with Crippen LogP contribution in [0.15, 0.2) is 18.2 Å². The highest BCUT2D eigenvalue weighted by molar-refractivity contribution is 6.09. The summed E-state index contributed by atoms with van der Waals surface area (Å²) in [4.78, 5) is 30.6. The number of aromatic carboxylic acids is 1. The quantitative estimate of drug-likeness (QED) is 0.693. The molecule has 25 heavy (non-hydrogen) atoms. The van der Waals surface area contributed by atoms with E-state index in [4.69, 9.17) is 9.84 Å². The molecule has 6 nitrogen and oxygen atoms in total. The number of aromatic amines is 1. The highest BCUT2D eigenvalue weighted by Gasteiger charge is 2.16. The average molecular weight is 340 g/mol. The fourth-order valence-electron chi connectivity index (χ4n) is 3.27. The number of nitrogens with zero attached hydrogens (tertiary/aromatic N) is 1. The van der Waals surface area contributed by atoms with Gasteiger partial charge in [0, 0.05) is 28.4 Å². The van der Waals surface area contributed by atoms with E-state index >= 15 is 0 Å². The zero-order valence-corrected chi connectivity index (χ0v) is 14.5. The van der Waals surface area contributed by atoms with Gasteiger partial charge in [-0.25, -0.2) is 9.78 Å². The van der Waals surface area contributed by atoms with Gasteiger partial charge >= 0.3 is 11.9 Å². The van der Waals surface area contributed by atoms with Crippen molar-refractivity contribution < 1.29 is 19.4 Å². The molecule has 0 bridgehead atoms. The molecule has 0 aliphatic carbocycles. The van der Waals surface area contributed by atoms with Crippen LogP contribution in [0.4, 0.5) is 0 Å². The van der Waals surface area contributed by atoms with Crippen molar-refractivity contribution in [3.8, 4) is 0 Å². The van der Waals surface area contributed by atoms with Crippen LogP contribution >= 0.6 is 0 Å². The van der Waals surface area contributed by atoms with Gasteiger partial charge in [0.15, 0.2) is 0 Å². The summed E-state index contributed by atoms with van der Waals surface area (Å²) in [7, 11) is 0. The third-order valence-electron chi connectivity index (χ3n) is 4.45. The Kier molecular flexibility index (Phi) is 4.44. The molecule has 130 valence electrons. The minimum absolute atomic E-state index is 0.216. The number of rotatable bonds is 5. The molecule has 0 spiro atoms. The molecular weight excluding hydrogens is 320 g/mol. The Hall–Kier alpha value is -2.89. The Balaban J connectivity index is 2.09. The van der Waals surface area contributed by atoms with Gasteiger partial charge in [0.2, 0.25) is 0 Å². The third kappa shape index (κ3) is 3.07. The first-order chi connectivity index (χ1) is 11.9. The topological polar surface area (TPSA) is 92.3 Å². The van der Waals surface area contributed by atoms with Crippen LogP contribution < -0.4 is 0 Å². The van der Waals surface area contributed by atoms with E-state index in [2.05, 4.69) is 9.97 Å². The minimum atomic E-state index is -0.962. The number of H-pyrrole nitrogens is 1. The number of hydrogen-bond donors (Lipinski definition) is 2. The maximum atomic E-state index is 11.7. The van der Waals surface area contributed by atoms with Gasteiger partial charge in [0.05, 0.1) is 12.2 Å². The number of fused-ring (bicyclic) bond motifs is 3. The van der Waals surface area contributed by atoms with E-state index in [1.54, 1.807) is 25.1 Å². The molecule has 0 aliphatic heterocycles. The Labute approximate surface area is 144 Å². The molecule has 3 aromatic rings. The number of carboxylic acids is 1. The molecule has 6 heteroatoms. The first-order valence-electron chi connectivity index (χ1n) is 8.22. The number of aryl methyl sites for hydroxylation is 2. The molecule has 0 unspecified atom stereocenters. The smallest absolute Gasteiger partial charge is 0.335 e.